The average Bonchev–Trinajstić information content (AvgIpc) is 2.45. The third-order valence-electron chi connectivity index (χ3n) is 3.17. The summed E-state index contributed by atoms with van der Waals surface area (Å²) in [5.74, 6) is 0.190. The largest absolute Gasteiger partial charge is 0.495 e. The molecule has 0 saturated heterocycles. The summed E-state index contributed by atoms with van der Waals surface area (Å²) in [6, 6.07) is 4.31. The number of sulfonamides is 1. The molecule has 5 nitrogen and oxygen atoms in total. The highest BCUT2D eigenvalue weighted by Crippen LogP contribution is 2.26. The van der Waals surface area contributed by atoms with Crippen molar-refractivity contribution in [3.8, 4) is 5.75 Å². The molecule has 0 amide bonds. The van der Waals surface area contributed by atoms with Crippen molar-refractivity contribution in [1.82, 2.24) is 4.72 Å². The van der Waals surface area contributed by atoms with Gasteiger partial charge in [0.05, 0.1) is 7.11 Å². The molecular weight excluding hydrogens is 302 g/mol. The Labute approximate surface area is 133 Å². The molecular formula is C16H25NO4S. The van der Waals surface area contributed by atoms with Gasteiger partial charge in [-0.2, -0.15) is 0 Å². The number of hydrogen-bond acceptors (Lipinski definition) is 4. The lowest BCUT2D eigenvalue weighted by atomic mass is 10.0. The van der Waals surface area contributed by atoms with Crippen molar-refractivity contribution in [2.24, 2.45) is 0 Å². The van der Waals surface area contributed by atoms with Crippen molar-refractivity contribution in [3.63, 3.8) is 0 Å². The molecule has 0 fully saturated rings. The van der Waals surface area contributed by atoms with E-state index in [0.29, 0.717) is 12.0 Å². The summed E-state index contributed by atoms with van der Waals surface area (Å²) in [5, 5.41) is 0. The second-order valence-corrected chi connectivity index (χ2v) is 7.20. The quantitative estimate of drug-likeness (QED) is 0.558. The van der Waals surface area contributed by atoms with Crippen LogP contribution in [0.3, 0.4) is 0 Å². The molecule has 0 radical (unpaired) electrons. The van der Waals surface area contributed by atoms with Gasteiger partial charge < -0.3 is 4.74 Å². The molecule has 0 saturated carbocycles. The van der Waals surface area contributed by atoms with Crippen LogP contribution >= 0.6 is 0 Å². The number of methoxy groups -OCH3 is 1. The Morgan fingerprint density at radius 3 is 2.50 bits per heavy atom. The fourth-order valence-corrected chi connectivity index (χ4v) is 3.56. The summed E-state index contributed by atoms with van der Waals surface area (Å²) in [6.45, 7) is 5.55. The van der Waals surface area contributed by atoms with Crippen molar-refractivity contribution in [3.05, 3.63) is 23.8 Å². The Bertz CT molecular complexity index is 609. The summed E-state index contributed by atoms with van der Waals surface area (Å²) in [4.78, 5) is 12.2. The first-order valence-electron chi connectivity index (χ1n) is 7.55. The zero-order chi connectivity index (χ0) is 16.8. The fourth-order valence-electron chi connectivity index (χ4n) is 2.11. The number of unbranched alkanes of at least 4 members (excludes halogenated alkanes) is 2. The zero-order valence-electron chi connectivity index (χ0n) is 13.7. The molecule has 0 aliphatic heterocycles. The summed E-state index contributed by atoms with van der Waals surface area (Å²) < 4.78 is 32.3. The zero-order valence-corrected chi connectivity index (χ0v) is 14.5. The van der Waals surface area contributed by atoms with Gasteiger partial charge in [0.25, 0.3) is 0 Å². The van der Waals surface area contributed by atoms with Crippen molar-refractivity contribution in [2.45, 2.75) is 57.4 Å². The number of ketones is 1. The van der Waals surface area contributed by atoms with Crippen molar-refractivity contribution in [1.29, 1.82) is 0 Å². The van der Waals surface area contributed by atoms with Gasteiger partial charge >= 0.3 is 0 Å². The van der Waals surface area contributed by atoms with E-state index >= 15 is 0 Å². The van der Waals surface area contributed by atoms with Gasteiger partial charge in [-0.3, -0.25) is 4.79 Å². The van der Waals surface area contributed by atoms with E-state index in [4.69, 9.17) is 4.74 Å². The second-order valence-electron chi connectivity index (χ2n) is 5.52. The molecule has 1 N–H and O–H groups in total. The monoisotopic (exact) mass is 327 g/mol. The Balaban J connectivity index is 3.11. The van der Waals surface area contributed by atoms with Crippen LogP contribution in [0.2, 0.25) is 0 Å². The molecule has 1 aromatic carbocycles. The molecule has 0 aromatic heterocycles. The molecule has 0 unspecified atom stereocenters. The molecule has 0 spiro atoms. The lowest BCUT2D eigenvalue weighted by molar-refractivity contribution is 0.0979. The predicted octanol–water partition coefficient (Wildman–Crippen LogP) is 3.14. The summed E-state index contributed by atoms with van der Waals surface area (Å²) in [6.07, 6.45) is 3.26. The Hall–Kier alpha value is -1.40. The van der Waals surface area contributed by atoms with Gasteiger partial charge in [-0.1, -0.05) is 19.8 Å². The van der Waals surface area contributed by atoms with Crippen LogP contribution in [0.1, 0.15) is 56.8 Å². The molecule has 1 rings (SSSR count). The number of carbonyl (C=O) groups is 1. The Morgan fingerprint density at radius 2 is 1.95 bits per heavy atom. The van der Waals surface area contributed by atoms with Crippen LogP contribution in [0.15, 0.2) is 23.1 Å². The standard InChI is InChI=1S/C16H25NO4S/c1-5-6-7-8-14(18)13-9-10-15(21-4)16(11-13)22(19,20)17-12(2)3/h9-12,17H,5-8H2,1-4H3. The molecule has 0 aliphatic carbocycles. The first kappa shape index (κ1) is 18.6. The van der Waals surface area contributed by atoms with Gasteiger partial charge in [0.15, 0.2) is 5.78 Å². The molecule has 6 heteroatoms. The highest BCUT2D eigenvalue weighted by molar-refractivity contribution is 7.89. The van der Waals surface area contributed by atoms with Gasteiger partial charge in [-0.05, 0) is 38.5 Å². The first-order chi connectivity index (χ1) is 10.3. The summed E-state index contributed by atoms with van der Waals surface area (Å²) >= 11 is 0. The van der Waals surface area contributed by atoms with Gasteiger partial charge in [0, 0.05) is 18.0 Å². The van der Waals surface area contributed by atoms with E-state index in [2.05, 4.69) is 11.6 Å². The van der Waals surface area contributed by atoms with Gasteiger partial charge in [0.2, 0.25) is 10.0 Å². The molecule has 0 bridgehead atoms. The topological polar surface area (TPSA) is 72.5 Å². The normalized spacial score (nSPS) is 11.7. The minimum absolute atomic E-state index is 0.00467. The number of hydrogen-bond donors (Lipinski definition) is 1. The summed E-state index contributed by atoms with van der Waals surface area (Å²) in [5.41, 5.74) is 0.404. The maximum atomic E-state index is 12.4. The molecule has 1 aromatic rings. The molecule has 0 heterocycles. The van der Waals surface area contributed by atoms with Crippen molar-refractivity contribution in [2.75, 3.05) is 7.11 Å². The third kappa shape index (κ3) is 5.10. The van der Waals surface area contributed by atoms with E-state index in [1.807, 2.05) is 0 Å². The van der Waals surface area contributed by atoms with Crippen LogP contribution in [0.25, 0.3) is 0 Å². The molecule has 22 heavy (non-hydrogen) atoms. The van der Waals surface area contributed by atoms with E-state index in [1.165, 1.54) is 19.2 Å². The summed E-state index contributed by atoms with van der Waals surface area (Å²) in [7, 11) is -2.30. The molecule has 0 atom stereocenters. The Morgan fingerprint density at radius 1 is 1.27 bits per heavy atom. The minimum Gasteiger partial charge on any atom is -0.495 e. The smallest absolute Gasteiger partial charge is 0.244 e. The van der Waals surface area contributed by atoms with E-state index in [1.54, 1.807) is 19.9 Å². The third-order valence-corrected chi connectivity index (χ3v) is 4.85. The predicted molar refractivity (Wildman–Crippen MR) is 86.9 cm³/mol. The Kier molecular flexibility index (Phi) is 7.03. The van der Waals surface area contributed by atoms with Crippen LogP contribution in [-0.4, -0.2) is 27.4 Å². The van der Waals surface area contributed by atoms with Crippen molar-refractivity contribution >= 4 is 15.8 Å². The molecule has 124 valence electrons. The maximum Gasteiger partial charge on any atom is 0.244 e. The van der Waals surface area contributed by atoms with Gasteiger partial charge in [0.1, 0.15) is 10.6 Å². The number of ether oxygens (including phenoxy) is 1. The van der Waals surface area contributed by atoms with E-state index in [0.717, 1.165) is 19.3 Å². The van der Waals surface area contributed by atoms with Crippen LogP contribution in [0.5, 0.6) is 5.75 Å². The van der Waals surface area contributed by atoms with Gasteiger partial charge in [-0.15, -0.1) is 0 Å². The first-order valence-corrected chi connectivity index (χ1v) is 9.03. The lowest BCUT2D eigenvalue weighted by Gasteiger charge is -2.14. The lowest BCUT2D eigenvalue weighted by Crippen LogP contribution is -2.30. The van der Waals surface area contributed by atoms with Crippen molar-refractivity contribution < 1.29 is 17.9 Å². The van der Waals surface area contributed by atoms with Crippen LogP contribution in [0, 0.1) is 0 Å². The number of carbonyl (C=O) groups excluding carboxylic acids is 1. The number of Topliss-reactive ketones (excluding diaryl/α,β-unsaturated/α-hetero) is 1. The van der Waals surface area contributed by atoms with E-state index < -0.39 is 10.0 Å². The maximum absolute atomic E-state index is 12.4. The highest BCUT2D eigenvalue weighted by Gasteiger charge is 2.22. The molecule has 0 aliphatic rings. The number of rotatable bonds is 9. The van der Waals surface area contributed by atoms with E-state index in [9.17, 15) is 13.2 Å². The minimum atomic E-state index is -3.71. The van der Waals surface area contributed by atoms with Crippen LogP contribution < -0.4 is 9.46 Å². The fraction of sp³-hybridized carbons (Fsp3) is 0.562. The number of nitrogens with one attached hydrogen (secondary N) is 1. The SMILES string of the molecule is CCCCCC(=O)c1ccc(OC)c(S(=O)(=O)NC(C)C)c1. The van der Waals surface area contributed by atoms with Crippen LogP contribution in [-0.2, 0) is 10.0 Å². The van der Waals surface area contributed by atoms with Crippen LogP contribution in [0.4, 0.5) is 0 Å². The average molecular weight is 327 g/mol. The highest BCUT2D eigenvalue weighted by atomic mass is 32.2. The van der Waals surface area contributed by atoms with E-state index in [-0.39, 0.29) is 22.5 Å². The second kappa shape index (κ2) is 8.29. The van der Waals surface area contributed by atoms with Gasteiger partial charge in [-0.25, -0.2) is 13.1 Å². The number of benzene rings is 1.